The fourth-order valence-corrected chi connectivity index (χ4v) is 2.00. The fourth-order valence-electron chi connectivity index (χ4n) is 2.00. The number of aromatic nitrogens is 2. The van der Waals surface area contributed by atoms with Crippen LogP contribution in [0.4, 0.5) is 20.2 Å². The minimum Gasteiger partial charge on any atom is -0.435 e. The van der Waals surface area contributed by atoms with Crippen LogP contribution in [0.1, 0.15) is 23.0 Å². The molecule has 0 aliphatic rings. The van der Waals surface area contributed by atoms with Crippen molar-refractivity contribution in [3.8, 4) is 5.75 Å². The van der Waals surface area contributed by atoms with E-state index in [2.05, 4.69) is 15.2 Å². The summed E-state index contributed by atoms with van der Waals surface area (Å²) in [5.41, 5.74) is 0.0276. The highest BCUT2D eigenvalue weighted by Gasteiger charge is 2.25. The predicted octanol–water partition coefficient (Wildman–Crippen LogP) is 2.97. The van der Waals surface area contributed by atoms with E-state index in [9.17, 15) is 23.7 Å². The fraction of sp³-hybridized carbons (Fsp3) is 0.286. The van der Waals surface area contributed by atoms with Gasteiger partial charge in [-0.15, -0.1) is 0 Å². The van der Waals surface area contributed by atoms with E-state index in [-0.39, 0.29) is 11.4 Å². The van der Waals surface area contributed by atoms with Gasteiger partial charge in [-0.25, -0.2) is 0 Å². The number of anilines is 1. The largest absolute Gasteiger partial charge is 0.435 e. The highest BCUT2D eigenvalue weighted by molar-refractivity contribution is 6.05. The molecule has 0 aliphatic heterocycles. The number of nitrogens with one attached hydrogen (secondary N) is 1. The van der Waals surface area contributed by atoms with E-state index < -0.39 is 23.1 Å². The van der Waals surface area contributed by atoms with Gasteiger partial charge in [0.05, 0.1) is 4.92 Å². The minimum absolute atomic E-state index is 0.0539. The van der Waals surface area contributed by atoms with Gasteiger partial charge < -0.3 is 10.1 Å². The Kier molecular flexibility index (Phi) is 5.07. The molecule has 0 saturated heterocycles. The molecule has 2 aromatic rings. The van der Waals surface area contributed by atoms with Gasteiger partial charge in [0.15, 0.2) is 0 Å². The van der Waals surface area contributed by atoms with Gasteiger partial charge in [-0.05, 0) is 37.6 Å². The summed E-state index contributed by atoms with van der Waals surface area (Å²) < 4.78 is 29.9. The Bertz CT molecular complexity index is 776. The quantitative estimate of drug-likeness (QED) is 0.644. The zero-order valence-corrected chi connectivity index (χ0v) is 12.8. The summed E-state index contributed by atoms with van der Waals surface area (Å²) in [6.45, 7) is 0.717. The molecule has 1 amide bonds. The van der Waals surface area contributed by atoms with Crippen LogP contribution in [0.2, 0.25) is 0 Å². The number of carbonyl (C=O) groups is 1. The Hall–Kier alpha value is -3.04. The Balaban J connectivity index is 2.24. The van der Waals surface area contributed by atoms with Gasteiger partial charge in [0.1, 0.15) is 11.9 Å². The van der Waals surface area contributed by atoms with Crippen LogP contribution in [0.5, 0.6) is 5.75 Å². The van der Waals surface area contributed by atoms with Gasteiger partial charge in [-0.1, -0.05) is 0 Å². The summed E-state index contributed by atoms with van der Waals surface area (Å²) in [5.74, 6) is -0.818. The van der Waals surface area contributed by atoms with E-state index in [0.717, 1.165) is 0 Å². The number of nitro groups is 1. The standard InChI is InChI=1S/C14H14F2N4O4/c1-3-19-7-11(20(22)23)12(18-19)13(21)17-10-5-4-9(6-8(10)2)24-14(15)16/h4-7,14H,3H2,1-2H3,(H,17,21). The molecule has 0 radical (unpaired) electrons. The zero-order chi connectivity index (χ0) is 17.9. The number of ether oxygens (including phenoxy) is 1. The van der Waals surface area contributed by atoms with Crippen LogP contribution < -0.4 is 10.1 Å². The Morgan fingerprint density at radius 3 is 2.75 bits per heavy atom. The number of hydrogen-bond donors (Lipinski definition) is 1. The number of hydrogen-bond acceptors (Lipinski definition) is 5. The predicted molar refractivity (Wildman–Crippen MR) is 80.3 cm³/mol. The number of nitrogens with zero attached hydrogens (tertiary/aromatic N) is 3. The van der Waals surface area contributed by atoms with Crippen LogP contribution >= 0.6 is 0 Å². The molecule has 24 heavy (non-hydrogen) atoms. The number of amides is 1. The number of benzene rings is 1. The van der Waals surface area contributed by atoms with E-state index in [4.69, 9.17) is 0 Å². The molecular formula is C14H14F2N4O4. The molecule has 0 unspecified atom stereocenters. The molecule has 8 nitrogen and oxygen atoms in total. The molecule has 10 heteroatoms. The second-order valence-corrected chi connectivity index (χ2v) is 4.79. The molecule has 128 valence electrons. The molecule has 0 aliphatic carbocycles. The van der Waals surface area contributed by atoms with Crippen molar-refractivity contribution in [2.75, 3.05) is 5.32 Å². The average molecular weight is 340 g/mol. The summed E-state index contributed by atoms with van der Waals surface area (Å²) in [6.07, 6.45) is 1.17. The van der Waals surface area contributed by atoms with Gasteiger partial charge in [0.25, 0.3) is 5.91 Å². The Morgan fingerprint density at radius 1 is 1.50 bits per heavy atom. The lowest BCUT2D eigenvalue weighted by atomic mass is 10.2. The lowest BCUT2D eigenvalue weighted by Gasteiger charge is -2.10. The van der Waals surface area contributed by atoms with Crippen molar-refractivity contribution in [3.63, 3.8) is 0 Å². The maximum Gasteiger partial charge on any atom is 0.387 e. The van der Waals surface area contributed by atoms with Crippen molar-refractivity contribution in [2.24, 2.45) is 0 Å². The number of rotatable bonds is 6. The lowest BCUT2D eigenvalue weighted by molar-refractivity contribution is -0.385. The van der Waals surface area contributed by atoms with Crippen LogP contribution in [0.25, 0.3) is 0 Å². The second kappa shape index (κ2) is 7.02. The van der Waals surface area contributed by atoms with Crippen molar-refractivity contribution in [1.29, 1.82) is 0 Å². The minimum atomic E-state index is -2.95. The third-order valence-electron chi connectivity index (χ3n) is 3.15. The topological polar surface area (TPSA) is 99.3 Å². The Morgan fingerprint density at radius 2 is 2.21 bits per heavy atom. The summed E-state index contributed by atoms with van der Waals surface area (Å²) in [6, 6.07) is 3.95. The first kappa shape index (κ1) is 17.3. The van der Waals surface area contributed by atoms with Gasteiger partial charge in [-0.2, -0.15) is 13.9 Å². The van der Waals surface area contributed by atoms with Crippen LogP contribution in [-0.4, -0.2) is 27.2 Å². The number of halogens is 2. The Labute approximate surface area is 135 Å². The summed E-state index contributed by atoms with van der Waals surface area (Å²) in [5, 5.41) is 17.4. The molecule has 0 atom stereocenters. The van der Waals surface area contributed by atoms with E-state index in [0.29, 0.717) is 17.8 Å². The van der Waals surface area contributed by atoms with Gasteiger partial charge in [-0.3, -0.25) is 19.6 Å². The first-order valence-electron chi connectivity index (χ1n) is 6.90. The summed E-state index contributed by atoms with van der Waals surface area (Å²) >= 11 is 0. The third kappa shape index (κ3) is 3.83. The van der Waals surface area contributed by atoms with Crippen molar-refractivity contribution in [2.45, 2.75) is 27.0 Å². The second-order valence-electron chi connectivity index (χ2n) is 4.79. The third-order valence-corrected chi connectivity index (χ3v) is 3.15. The molecule has 1 aromatic heterocycles. The molecule has 0 fully saturated rings. The van der Waals surface area contributed by atoms with Crippen LogP contribution in [0.3, 0.4) is 0 Å². The van der Waals surface area contributed by atoms with Gasteiger partial charge in [0, 0.05) is 12.2 Å². The number of carbonyl (C=O) groups excluding carboxylic acids is 1. The zero-order valence-electron chi connectivity index (χ0n) is 12.8. The highest BCUT2D eigenvalue weighted by atomic mass is 19.3. The summed E-state index contributed by atoms with van der Waals surface area (Å²) in [7, 11) is 0. The lowest BCUT2D eigenvalue weighted by Crippen LogP contribution is -2.15. The number of alkyl halides is 2. The first-order chi connectivity index (χ1) is 11.3. The van der Waals surface area contributed by atoms with Gasteiger partial charge in [0.2, 0.25) is 5.69 Å². The van der Waals surface area contributed by atoms with E-state index in [1.807, 2.05) is 0 Å². The number of aryl methyl sites for hydroxylation is 2. The van der Waals surface area contributed by atoms with Crippen LogP contribution in [-0.2, 0) is 6.54 Å². The average Bonchev–Trinajstić information content (AvgIpc) is 2.94. The smallest absolute Gasteiger partial charge is 0.387 e. The molecule has 1 aromatic carbocycles. The maximum atomic E-state index is 12.2. The highest BCUT2D eigenvalue weighted by Crippen LogP contribution is 2.24. The monoisotopic (exact) mass is 340 g/mol. The van der Waals surface area contributed by atoms with Crippen molar-refractivity contribution in [3.05, 3.63) is 45.8 Å². The van der Waals surface area contributed by atoms with Crippen LogP contribution in [0.15, 0.2) is 24.4 Å². The normalized spacial score (nSPS) is 10.7. The van der Waals surface area contributed by atoms with Gasteiger partial charge >= 0.3 is 12.3 Å². The molecule has 0 spiro atoms. The van der Waals surface area contributed by atoms with Crippen molar-refractivity contribution in [1.82, 2.24) is 9.78 Å². The SMILES string of the molecule is CCn1cc([N+](=O)[O-])c(C(=O)Nc2ccc(OC(F)F)cc2C)n1. The van der Waals surface area contributed by atoms with Crippen molar-refractivity contribution >= 4 is 17.3 Å². The molecule has 1 heterocycles. The van der Waals surface area contributed by atoms with E-state index in [1.165, 1.54) is 29.1 Å². The molecule has 1 N–H and O–H groups in total. The molecule has 0 saturated carbocycles. The molecule has 2 rings (SSSR count). The first-order valence-corrected chi connectivity index (χ1v) is 6.90. The maximum absolute atomic E-state index is 12.2. The van der Waals surface area contributed by atoms with E-state index in [1.54, 1.807) is 13.8 Å². The molecule has 0 bridgehead atoms. The van der Waals surface area contributed by atoms with Crippen LogP contribution in [0, 0.1) is 17.0 Å². The molecular weight excluding hydrogens is 326 g/mol. The van der Waals surface area contributed by atoms with E-state index >= 15 is 0 Å². The summed E-state index contributed by atoms with van der Waals surface area (Å²) in [4.78, 5) is 22.6. The van der Waals surface area contributed by atoms with Crippen molar-refractivity contribution < 1.29 is 23.2 Å².